The van der Waals surface area contributed by atoms with Crippen molar-refractivity contribution >= 4 is 54.4 Å². The third kappa shape index (κ3) is 2.97. The lowest BCUT2D eigenvalue weighted by Crippen LogP contribution is -2.29. The van der Waals surface area contributed by atoms with E-state index >= 15 is 0 Å². The fourth-order valence-electron chi connectivity index (χ4n) is 3.81. The van der Waals surface area contributed by atoms with Gasteiger partial charge in [0.15, 0.2) is 5.43 Å². The van der Waals surface area contributed by atoms with E-state index in [0.29, 0.717) is 22.2 Å². The largest absolute Gasteiger partial charge is 0.508 e. The van der Waals surface area contributed by atoms with E-state index in [1.165, 1.54) is 12.1 Å². The maximum Gasteiger partial charge on any atom is 0.295 e. The lowest BCUT2D eigenvalue weighted by molar-refractivity contribution is 0.0971. The van der Waals surface area contributed by atoms with Gasteiger partial charge in [-0.2, -0.15) is 0 Å². The summed E-state index contributed by atoms with van der Waals surface area (Å²) in [6.07, 6.45) is 0. The van der Waals surface area contributed by atoms with Gasteiger partial charge >= 0.3 is 0 Å². The Balaban J connectivity index is 1.83. The van der Waals surface area contributed by atoms with Gasteiger partial charge in [-0.15, -0.1) is 0 Å². The summed E-state index contributed by atoms with van der Waals surface area (Å²) in [6.45, 7) is 0. The molecule has 0 radical (unpaired) electrons. The van der Waals surface area contributed by atoms with Crippen LogP contribution in [-0.2, 0) is 0 Å². The molecule has 3 aromatic carbocycles. The van der Waals surface area contributed by atoms with Crippen molar-refractivity contribution in [2.45, 2.75) is 6.04 Å². The van der Waals surface area contributed by atoms with Crippen LogP contribution >= 0.6 is 31.9 Å². The third-order valence-corrected chi connectivity index (χ3v) is 6.11. The first-order chi connectivity index (χ1) is 14.4. The van der Waals surface area contributed by atoms with Gasteiger partial charge in [-0.3, -0.25) is 14.5 Å². The Labute approximate surface area is 187 Å². The minimum atomic E-state index is -0.679. The molecular formula is C23H13Br2NO4. The number of rotatable bonds is 2. The van der Waals surface area contributed by atoms with E-state index in [0.717, 1.165) is 8.95 Å². The lowest BCUT2D eigenvalue weighted by atomic mass is 9.98. The average molecular weight is 527 g/mol. The van der Waals surface area contributed by atoms with Crippen LogP contribution in [0.15, 0.2) is 84.9 Å². The van der Waals surface area contributed by atoms with Crippen LogP contribution in [0.5, 0.6) is 5.75 Å². The van der Waals surface area contributed by atoms with Crippen molar-refractivity contribution in [1.29, 1.82) is 0 Å². The molecule has 2 heterocycles. The molecule has 1 amide bonds. The van der Waals surface area contributed by atoms with Crippen molar-refractivity contribution in [3.63, 3.8) is 0 Å². The first kappa shape index (κ1) is 19.1. The van der Waals surface area contributed by atoms with Crippen LogP contribution in [0.2, 0.25) is 0 Å². The van der Waals surface area contributed by atoms with E-state index in [2.05, 4.69) is 31.9 Å². The number of halogens is 2. The predicted molar refractivity (Wildman–Crippen MR) is 121 cm³/mol. The lowest BCUT2D eigenvalue weighted by Gasteiger charge is -2.25. The van der Waals surface area contributed by atoms with Crippen LogP contribution < -0.4 is 10.3 Å². The van der Waals surface area contributed by atoms with Gasteiger partial charge in [0.1, 0.15) is 11.3 Å². The highest BCUT2D eigenvalue weighted by atomic mass is 79.9. The van der Waals surface area contributed by atoms with E-state index in [-0.39, 0.29) is 28.4 Å². The van der Waals surface area contributed by atoms with E-state index in [1.807, 2.05) is 24.3 Å². The van der Waals surface area contributed by atoms with Crippen molar-refractivity contribution in [2.24, 2.45) is 0 Å². The number of nitrogens with zero attached hydrogens (tertiary/aromatic N) is 1. The summed E-state index contributed by atoms with van der Waals surface area (Å²) in [5.74, 6) is -0.247. The zero-order chi connectivity index (χ0) is 21.0. The quantitative estimate of drug-likeness (QED) is 0.360. The highest BCUT2D eigenvalue weighted by molar-refractivity contribution is 9.10. The molecule has 1 aliphatic rings. The molecule has 1 atom stereocenters. The molecule has 1 N–H and O–H groups in total. The van der Waals surface area contributed by atoms with Gasteiger partial charge < -0.3 is 9.52 Å². The zero-order valence-electron chi connectivity index (χ0n) is 15.3. The minimum absolute atomic E-state index is 0.0351. The molecule has 0 spiro atoms. The Morgan fingerprint density at radius 3 is 2.37 bits per heavy atom. The van der Waals surface area contributed by atoms with Crippen LogP contribution in [0.4, 0.5) is 5.69 Å². The molecular weight excluding hydrogens is 514 g/mol. The molecule has 1 aromatic heterocycles. The zero-order valence-corrected chi connectivity index (χ0v) is 18.5. The average Bonchev–Trinajstić information content (AvgIpc) is 3.02. The SMILES string of the molecule is O=C1c2oc3ccc(Br)cc3c(=O)c2C(c2ccc(O)cc2)N1c1cccc(Br)c1. The number of aromatic hydroxyl groups is 1. The van der Waals surface area contributed by atoms with Gasteiger partial charge in [-0.25, -0.2) is 0 Å². The fraction of sp³-hybridized carbons (Fsp3) is 0.0435. The number of hydrogen-bond acceptors (Lipinski definition) is 4. The van der Waals surface area contributed by atoms with Gasteiger partial charge in [0.2, 0.25) is 5.76 Å². The molecule has 5 rings (SSSR count). The van der Waals surface area contributed by atoms with Gasteiger partial charge in [0, 0.05) is 14.6 Å². The van der Waals surface area contributed by atoms with Gasteiger partial charge in [0.25, 0.3) is 5.91 Å². The summed E-state index contributed by atoms with van der Waals surface area (Å²) in [7, 11) is 0. The number of carbonyl (C=O) groups is 1. The standard InChI is InChI=1S/C23H13Br2NO4/c24-13-2-1-3-15(10-13)26-20(12-4-7-16(27)8-5-12)19-21(28)17-11-14(25)6-9-18(17)30-22(19)23(26)29/h1-11,20,27H. The maximum absolute atomic E-state index is 13.5. The first-order valence-electron chi connectivity index (χ1n) is 9.08. The molecule has 0 fully saturated rings. The monoisotopic (exact) mass is 525 g/mol. The van der Waals surface area contributed by atoms with Gasteiger partial charge in [0.05, 0.1) is 17.0 Å². The Bertz CT molecular complexity index is 1380. The molecule has 1 aliphatic heterocycles. The minimum Gasteiger partial charge on any atom is -0.508 e. The number of phenols is 1. The molecule has 5 nitrogen and oxygen atoms in total. The number of fused-ring (bicyclic) bond motifs is 2. The van der Waals surface area contributed by atoms with Crippen LogP contribution in [-0.4, -0.2) is 11.0 Å². The fourth-order valence-corrected chi connectivity index (χ4v) is 4.56. The van der Waals surface area contributed by atoms with Crippen molar-refractivity contribution in [3.05, 3.63) is 103 Å². The van der Waals surface area contributed by atoms with Crippen LogP contribution in [0, 0.1) is 0 Å². The smallest absolute Gasteiger partial charge is 0.295 e. The van der Waals surface area contributed by atoms with Crippen molar-refractivity contribution in [3.8, 4) is 5.75 Å². The number of anilines is 1. The van der Waals surface area contributed by atoms with Crippen molar-refractivity contribution in [2.75, 3.05) is 4.90 Å². The third-order valence-electron chi connectivity index (χ3n) is 5.13. The molecule has 148 valence electrons. The van der Waals surface area contributed by atoms with Crippen LogP contribution in [0.3, 0.4) is 0 Å². The molecule has 0 bridgehead atoms. The first-order valence-corrected chi connectivity index (χ1v) is 10.7. The Morgan fingerprint density at radius 1 is 0.900 bits per heavy atom. The van der Waals surface area contributed by atoms with Gasteiger partial charge in [-0.05, 0) is 54.1 Å². The second-order valence-electron chi connectivity index (χ2n) is 6.96. The highest BCUT2D eigenvalue weighted by Crippen LogP contribution is 2.42. The molecule has 0 aliphatic carbocycles. The molecule has 7 heteroatoms. The number of carbonyl (C=O) groups excluding carboxylic acids is 1. The van der Waals surface area contributed by atoms with Crippen molar-refractivity contribution < 1.29 is 14.3 Å². The number of phenolic OH excluding ortho intramolecular Hbond substituents is 1. The summed E-state index contributed by atoms with van der Waals surface area (Å²) < 4.78 is 7.49. The Hall–Kier alpha value is -2.90. The summed E-state index contributed by atoms with van der Waals surface area (Å²) in [4.78, 5) is 28.5. The second-order valence-corrected chi connectivity index (χ2v) is 8.79. The predicted octanol–water partition coefficient (Wildman–Crippen LogP) is 5.77. The topological polar surface area (TPSA) is 70.8 Å². The summed E-state index contributed by atoms with van der Waals surface area (Å²) in [5.41, 5.74) is 1.72. The van der Waals surface area contributed by atoms with Crippen molar-refractivity contribution in [1.82, 2.24) is 0 Å². The summed E-state index contributed by atoms with van der Waals surface area (Å²) in [5, 5.41) is 10.1. The van der Waals surface area contributed by atoms with E-state index in [4.69, 9.17) is 4.42 Å². The molecule has 0 saturated heterocycles. The van der Waals surface area contributed by atoms with Crippen LogP contribution in [0.1, 0.15) is 27.7 Å². The van der Waals surface area contributed by atoms with Gasteiger partial charge in [-0.1, -0.05) is 50.1 Å². The second kappa shape index (κ2) is 7.11. The maximum atomic E-state index is 13.5. The number of amides is 1. The van der Waals surface area contributed by atoms with Crippen LogP contribution in [0.25, 0.3) is 11.0 Å². The number of hydrogen-bond donors (Lipinski definition) is 1. The molecule has 1 unspecified atom stereocenters. The summed E-state index contributed by atoms with van der Waals surface area (Å²) >= 11 is 6.84. The molecule has 4 aromatic rings. The molecule has 30 heavy (non-hydrogen) atoms. The number of benzene rings is 3. The Morgan fingerprint density at radius 2 is 1.63 bits per heavy atom. The normalized spacial score (nSPS) is 15.6. The van der Waals surface area contributed by atoms with E-state index in [9.17, 15) is 14.7 Å². The van der Waals surface area contributed by atoms with E-state index < -0.39 is 6.04 Å². The molecule has 0 saturated carbocycles. The highest BCUT2D eigenvalue weighted by Gasteiger charge is 2.43. The van der Waals surface area contributed by atoms with E-state index in [1.54, 1.807) is 35.2 Å². The summed E-state index contributed by atoms with van der Waals surface area (Å²) in [6, 6.07) is 18.3. The Kier molecular flexibility index (Phi) is 4.52.